The Hall–Kier alpha value is -1.13. The number of piperidine rings is 1. The summed E-state index contributed by atoms with van der Waals surface area (Å²) in [7, 11) is 2.03. The maximum absolute atomic E-state index is 11.7. The van der Waals surface area contributed by atoms with Crippen LogP contribution < -0.4 is 10.9 Å². The van der Waals surface area contributed by atoms with Crippen LogP contribution in [0.1, 0.15) is 26.2 Å². The fourth-order valence-corrected chi connectivity index (χ4v) is 2.93. The van der Waals surface area contributed by atoms with Gasteiger partial charge in [-0.05, 0) is 39.4 Å². The van der Waals surface area contributed by atoms with Gasteiger partial charge >= 0.3 is 0 Å². The van der Waals surface area contributed by atoms with Crippen molar-refractivity contribution >= 4 is 0 Å². The summed E-state index contributed by atoms with van der Waals surface area (Å²) >= 11 is 0. The van der Waals surface area contributed by atoms with Gasteiger partial charge in [-0.1, -0.05) is 12.5 Å². The third-order valence-corrected chi connectivity index (χ3v) is 4.22. The lowest BCUT2D eigenvalue weighted by Gasteiger charge is -2.39. The molecule has 1 N–H and O–H groups in total. The van der Waals surface area contributed by atoms with Gasteiger partial charge in [-0.15, -0.1) is 0 Å². The Labute approximate surface area is 115 Å². The van der Waals surface area contributed by atoms with Gasteiger partial charge in [0.25, 0.3) is 5.56 Å². The molecule has 0 aromatic carbocycles. The van der Waals surface area contributed by atoms with Crippen LogP contribution >= 0.6 is 0 Å². The number of likely N-dealkylation sites (tertiary alicyclic amines) is 1. The van der Waals surface area contributed by atoms with Gasteiger partial charge in [0.05, 0.1) is 0 Å². The Kier molecular flexibility index (Phi) is 5.16. The fourth-order valence-electron chi connectivity index (χ4n) is 2.93. The number of rotatable bonds is 5. The van der Waals surface area contributed by atoms with Crippen molar-refractivity contribution in [2.75, 3.05) is 20.1 Å². The Morgan fingerprint density at radius 2 is 2.21 bits per heavy atom. The van der Waals surface area contributed by atoms with E-state index in [1.165, 1.54) is 19.3 Å². The molecule has 106 valence electrons. The summed E-state index contributed by atoms with van der Waals surface area (Å²) in [6.07, 6.45) is 5.73. The minimum Gasteiger partial charge on any atom is -0.316 e. The quantitative estimate of drug-likeness (QED) is 0.870. The van der Waals surface area contributed by atoms with Crippen LogP contribution in [0.5, 0.6) is 0 Å². The van der Waals surface area contributed by atoms with Crippen molar-refractivity contribution in [3.05, 3.63) is 34.7 Å². The summed E-state index contributed by atoms with van der Waals surface area (Å²) in [5.41, 5.74) is 0.0951. The van der Waals surface area contributed by atoms with Gasteiger partial charge < -0.3 is 9.88 Å². The van der Waals surface area contributed by atoms with Gasteiger partial charge in [0.15, 0.2) is 0 Å². The van der Waals surface area contributed by atoms with Crippen molar-refractivity contribution in [3.8, 4) is 0 Å². The number of pyridine rings is 1. The highest BCUT2D eigenvalue weighted by Gasteiger charge is 2.25. The fraction of sp³-hybridized carbons (Fsp3) is 0.667. The third-order valence-electron chi connectivity index (χ3n) is 4.22. The predicted molar refractivity (Wildman–Crippen MR) is 78.4 cm³/mol. The van der Waals surface area contributed by atoms with Gasteiger partial charge in [-0.3, -0.25) is 9.69 Å². The van der Waals surface area contributed by atoms with Crippen molar-refractivity contribution in [2.45, 2.75) is 44.8 Å². The average molecular weight is 263 g/mol. The molecule has 1 aromatic heterocycles. The van der Waals surface area contributed by atoms with Gasteiger partial charge in [-0.2, -0.15) is 0 Å². The lowest BCUT2D eigenvalue weighted by atomic mass is 9.96. The molecule has 0 radical (unpaired) electrons. The summed E-state index contributed by atoms with van der Waals surface area (Å²) in [5.74, 6) is 0. The Balaban J connectivity index is 1.96. The van der Waals surface area contributed by atoms with Crippen LogP contribution in [0.15, 0.2) is 29.2 Å². The summed E-state index contributed by atoms with van der Waals surface area (Å²) < 4.78 is 1.80. The first-order chi connectivity index (χ1) is 9.22. The normalized spacial score (nSPS) is 22.3. The summed E-state index contributed by atoms with van der Waals surface area (Å²) in [6.45, 7) is 5.14. The second-order valence-electron chi connectivity index (χ2n) is 5.41. The van der Waals surface area contributed by atoms with Crippen LogP contribution in [0.3, 0.4) is 0 Å². The average Bonchev–Trinajstić information content (AvgIpc) is 2.46. The molecule has 19 heavy (non-hydrogen) atoms. The SMILES string of the molecule is CNC(C)C1CCCCN1CCn1ccccc1=O. The minimum atomic E-state index is 0.0951. The second kappa shape index (κ2) is 6.87. The second-order valence-corrected chi connectivity index (χ2v) is 5.41. The topological polar surface area (TPSA) is 37.3 Å². The number of aromatic nitrogens is 1. The monoisotopic (exact) mass is 263 g/mol. The summed E-state index contributed by atoms with van der Waals surface area (Å²) in [5, 5.41) is 3.36. The van der Waals surface area contributed by atoms with Gasteiger partial charge in [-0.25, -0.2) is 0 Å². The molecule has 1 saturated heterocycles. The first-order valence-corrected chi connectivity index (χ1v) is 7.29. The van der Waals surface area contributed by atoms with Crippen LogP contribution in [0.25, 0.3) is 0 Å². The van der Waals surface area contributed by atoms with Crippen molar-refractivity contribution in [2.24, 2.45) is 0 Å². The van der Waals surface area contributed by atoms with E-state index in [1.807, 2.05) is 19.3 Å². The maximum atomic E-state index is 11.7. The van der Waals surface area contributed by atoms with E-state index >= 15 is 0 Å². The molecule has 1 fully saturated rings. The summed E-state index contributed by atoms with van der Waals surface area (Å²) in [6, 6.07) is 6.45. The molecule has 2 rings (SSSR count). The van der Waals surface area contributed by atoms with Crippen LogP contribution in [0.2, 0.25) is 0 Å². The van der Waals surface area contributed by atoms with E-state index in [9.17, 15) is 4.79 Å². The molecule has 1 aromatic rings. The Morgan fingerprint density at radius 3 is 2.95 bits per heavy atom. The lowest BCUT2D eigenvalue weighted by molar-refractivity contribution is 0.117. The number of hydrogen-bond acceptors (Lipinski definition) is 3. The molecule has 1 aliphatic heterocycles. The van der Waals surface area contributed by atoms with Crippen LogP contribution in [-0.4, -0.2) is 41.7 Å². The minimum absolute atomic E-state index is 0.0951. The molecule has 0 bridgehead atoms. The van der Waals surface area contributed by atoms with Crippen molar-refractivity contribution in [3.63, 3.8) is 0 Å². The lowest BCUT2D eigenvalue weighted by Crippen LogP contribution is -2.51. The van der Waals surface area contributed by atoms with E-state index in [-0.39, 0.29) is 5.56 Å². The van der Waals surface area contributed by atoms with Crippen molar-refractivity contribution in [1.82, 2.24) is 14.8 Å². The zero-order valence-electron chi connectivity index (χ0n) is 12.0. The zero-order valence-corrected chi connectivity index (χ0v) is 12.0. The first-order valence-electron chi connectivity index (χ1n) is 7.29. The molecular weight excluding hydrogens is 238 g/mol. The van der Waals surface area contributed by atoms with E-state index in [0.29, 0.717) is 12.1 Å². The van der Waals surface area contributed by atoms with E-state index in [4.69, 9.17) is 0 Å². The van der Waals surface area contributed by atoms with Gasteiger partial charge in [0.1, 0.15) is 0 Å². The molecule has 2 heterocycles. The summed E-state index contributed by atoms with van der Waals surface area (Å²) in [4.78, 5) is 14.2. The molecule has 4 heteroatoms. The van der Waals surface area contributed by atoms with Crippen molar-refractivity contribution < 1.29 is 0 Å². The first kappa shape index (κ1) is 14.3. The van der Waals surface area contributed by atoms with Crippen LogP contribution in [0, 0.1) is 0 Å². The smallest absolute Gasteiger partial charge is 0.250 e. The van der Waals surface area contributed by atoms with Crippen LogP contribution in [-0.2, 0) is 6.54 Å². The molecule has 0 aliphatic carbocycles. The Bertz CT molecular complexity index is 443. The highest BCUT2D eigenvalue weighted by Crippen LogP contribution is 2.19. The number of nitrogens with one attached hydrogen (secondary N) is 1. The maximum Gasteiger partial charge on any atom is 0.250 e. The number of nitrogens with zero attached hydrogens (tertiary/aromatic N) is 2. The molecule has 1 aliphatic rings. The van der Waals surface area contributed by atoms with Gasteiger partial charge in [0.2, 0.25) is 0 Å². The molecule has 0 amide bonds. The Morgan fingerprint density at radius 1 is 1.37 bits per heavy atom. The largest absolute Gasteiger partial charge is 0.316 e. The molecule has 2 unspecified atom stereocenters. The molecule has 2 atom stereocenters. The molecule has 4 nitrogen and oxygen atoms in total. The van der Waals surface area contributed by atoms with E-state index in [2.05, 4.69) is 17.1 Å². The predicted octanol–water partition coefficient (Wildman–Crippen LogP) is 1.31. The third kappa shape index (κ3) is 3.67. The van der Waals surface area contributed by atoms with E-state index in [1.54, 1.807) is 16.7 Å². The number of likely N-dealkylation sites (N-methyl/N-ethyl adjacent to an activating group) is 1. The standard InChI is InChI=1S/C15H25N3O/c1-13(16-2)14-7-3-5-9-17(14)11-12-18-10-6-4-8-15(18)19/h4,6,8,10,13-14,16H,3,5,7,9,11-12H2,1-2H3. The van der Waals surface area contributed by atoms with Gasteiger partial charge in [0, 0.05) is 37.4 Å². The highest BCUT2D eigenvalue weighted by molar-refractivity contribution is 4.93. The molecule has 0 saturated carbocycles. The molecular formula is C15H25N3O. The zero-order chi connectivity index (χ0) is 13.7. The van der Waals surface area contributed by atoms with E-state index in [0.717, 1.165) is 19.6 Å². The number of hydrogen-bond donors (Lipinski definition) is 1. The van der Waals surface area contributed by atoms with E-state index < -0.39 is 0 Å². The van der Waals surface area contributed by atoms with Crippen LogP contribution in [0.4, 0.5) is 0 Å². The highest BCUT2D eigenvalue weighted by atomic mass is 16.1. The van der Waals surface area contributed by atoms with Crippen molar-refractivity contribution in [1.29, 1.82) is 0 Å². The molecule has 0 spiro atoms.